The average molecular weight is 168 g/mol. The summed E-state index contributed by atoms with van der Waals surface area (Å²) in [5, 5.41) is 0. The molecule has 0 aliphatic carbocycles. The first-order valence-electron chi connectivity index (χ1n) is 4.83. The Morgan fingerprint density at radius 1 is 1.17 bits per heavy atom. The van der Waals surface area contributed by atoms with E-state index in [-0.39, 0.29) is 0 Å². The molecule has 0 amide bonds. The lowest BCUT2D eigenvalue weighted by atomic mass is 10.1. The first-order chi connectivity index (χ1) is 5.66. The second kappa shape index (κ2) is 7.08. The minimum atomic E-state index is 0.416. The maximum Gasteiger partial charge on any atom is 0.132 e. The van der Waals surface area contributed by atoms with Crippen LogP contribution in [-0.4, -0.2) is 5.78 Å². The predicted molar refractivity (Wildman–Crippen MR) is 53.2 cm³/mol. The van der Waals surface area contributed by atoms with E-state index >= 15 is 0 Å². The van der Waals surface area contributed by atoms with Gasteiger partial charge in [0.1, 0.15) is 5.78 Å². The number of carbonyl (C=O) groups is 1. The molecule has 0 aliphatic heterocycles. The van der Waals surface area contributed by atoms with Gasteiger partial charge in [0.05, 0.1) is 0 Å². The number of allylic oxidation sites excluding steroid dienone is 1. The van der Waals surface area contributed by atoms with Crippen molar-refractivity contribution in [1.29, 1.82) is 0 Å². The van der Waals surface area contributed by atoms with E-state index in [4.69, 9.17) is 0 Å². The van der Waals surface area contributed by atoms with Crippen LogP contribution >= 0.6 is 0 Å². The molecule has 0 bridgehead atoms. The quantitative estimate of drug-likeness (QED) is 0.420. The van der Waals surface area contributed by atoms with Gasteiger partial charge in [0.25, 0.3) is 0 Å². The maximum atomic E-state index is 11.1. The largest absolute Gasteiger partial charge is 0.300 e. The Balaban J connectivity index is 3.19. The van der Waals surface area contributed by atoms with Gasteiger partial charge in [-0.15, -0.1) is 6.58 Å². The molecule has 0 spiro atoms. The molecule has 0 heterocycles. The molecule has 0 atom stereocenters. The number of hydrogen-bond acceptors (Lipinski definition) is 1. The van der Waals surface area contributed by atoms with Crippen molar-refractivity contribution in [3.63, 3.8) is 0 Å². The number of carbonyl (C=O) groups excluding carboxylic acids is 1. The molecule has 0 unspecified atom stereocenters. The summed E-state index contributed by atoms with van der Waals surface area (Å²) in [4.78, 5) is 11.1. The van der Waals surface area contributed by atoms with E-state index in [2.05, 4.69) is 6.58 Å². The van der Waals surface area contributed by atoms with Crippen LogP contribution in [0, 0.1) is 0 Å². The van der Waals surface area contributed by atoms with Crippen molar-refractivity contribution in [1.82, 2.24) is 0 Å². The molecule has 1 heteroatoms. The minimum Gasteiger partial charge on any atom is -0.300 e. The molecule has 0 aromatic heterocycles. The van der Waals surface area contributed by atoms with Crippen LogP contribution in [0.2, 0.25) is 0 Å². The molecule has 0 radical (unpaired) electrons. The lowest BCUT2D eigenvalue weighted by Gasteiger charge is -1.99. The molecular weight excluding hydrogens is 148 g/mol. The van der Waals surface area contributed by atoms with E-state index in [0.717, 1.165) is 38.5 Å². The summed E-state index contributed by atoms with van der Waals surface area (Å²) in [6, 6.07) is 0. The first-order valence-corrected chi connectivity index (χ1v) is 4.83. The van der Waals surface area contributed by atoms with Crippen molar-refractivity contribution < 1.29 is 4.79 Å². The highest BCUT2D eigenvalue weighted by atomic mass is 16.1. The van der Waals surface area contributed by atoms with Crippen LogP contribution in [-0.2, 0) is 4.79 Å². The van der Waals surface area contributed by atoms with Gasteiger partial charge in [0.15, 0.2) is 0 Å². The second-order valence-corrected chi connectivity index (χ2v) is 3.45. The summed E-state index contributed by atoms with van der Waals surface area (Å²) in [5.41, 5.74) is 1.22. The number of ketones is 1. The Kier molecular flexibility index (Phi) is 6.73. The van der Waals surface area contributed by atoms with Gasteiger partial charge < -0.3 is 0 Å². The molecule has 0 aromatic rings. The molecule has 0 N–H and O–H groups in total. The van der Waals surface area contributed by atoms with Gasteiger partial charge in [-0.1, -0.05) is 12.5 Å². The monoisotopic (exact) mass is 168 g/mol. The predicted octanol–water partition coefficient (Wildman–Crippen LogP) is 3.49. The Hall–Kier alpha value is -0.590. The topological polar surface area (TPSA) is 17.1 Å². The number of hydrogen-bond donors (Lipinski definition) is 0. The summed E-state index contributed by atoms with van der Waals surface area (Å²) in [5.74, 6) is 0.416. The van der Waals surface area contributed by atoms with Gasteiger partial charge in [-0.2, -0.15) is 0 Å². The van der Waals surface area contributed by atoms with Crippen LogP contribution in [0.4, 0.5) is 0 Å². The normalized spacial score (nSPS) is 9.83. The van der Waals surface area contributed by atoms with Gasteiger partial charge in [0.2, 0.25) is 0 Å². The van der Waals surface area contributed by atoms with Gasteiger partial charge in [-0.25, -0.2) is 0 Å². The summed E-state index contributed by atoms with van der Waals surface area (Å²) in [7, 11) is 0. The zero-order chi connectivity index (χ0) is 9.40. The summed E-state index contributed by atoms with van der Waals surface area (Å²) in [6.45, 7) is 7.91. The number of unbranched alkanes of at least 4 members (excludes halogenated alkanes) is 1. The molecule has 70 valence electrons. The van der Waals surface area contributed by atoms with Crippen LogP contribution in [0.3, 0.4) is 0 Å². The standard InChI is InChI=1S/C11H20O/c1-4-7-11(12)9-6-5-8-10(2)3/h2,4-9H2,1,3H3. The van der Waals surface area contributed by atoms with E-state index in [1.807, 2.05) is 13.8 Å². The van der Waals surface area contributed by atoms with Crippen LogP contribution in [0.5, 0.6) is 0 Å². The van der Waals surface area contributed by atoms with E-state index in [1.165, 1.54) is 5.57 Å². The van der Waals surface area contributed by atoms with Crippen molar-refractivity contribution >= 4 is 5.78 Å². The molecule has 0 rings (SSSR count). The highest BCUT2D eigenvalue weighted by Crippen LogP contribution is 2.07. The van der Waals surface area contributed by atoms with Crippen molar-refractivity contribution in [2.45, 2.75) is 52.4 Å². The van der Waals surface area contributed by atoms with Crippen molar-refractivity contribution in [2.75, 3.05) is 0 Å². The van der Waals surface area contributed by atoms with Gasteiger partial charge in [-0.05, 0) is 32.6 Å². The van der Waals surface area contributed by atoms with E-state index in [1.54, 1.807) is 0 Å². The van der Waals surface area contributed by atoms with Gasteiger partial charge in [-0.3, -0.25) is 4.79 Å². The fraction of sp³-hybridized carbons (Fsp3) is 0.727. The third kappa shape index (κ3) is 7.52. The summed E-state index contributed by atoms with van der Waals surface area (Å²) in [6.07, 6.45) is 5.73. The Labute approximate surface area is 75.9 Å². The summed E-state index contributed by atoms with van der Waals surface area (Å²) < 4.78 is 0. The highest BCUT2D eigenvalue weighted by Gasteiger charge is 1.99. The Morgan fingerprint density at radius 2 is 1.75 bits per heavy atom. The maximum absolute atomic E-state index is 11.1. The van der Waals surface area contributed by atoms with Crippen molar-refractivity contribution in [3.05, 3.63) is 12.2 Å². The third-order valence-electron chi connectivity index (χ3n) is 1.84. The molecular formula is C11H20O. The zero-order valence-corrected chi connectivity index (χ0v) is 8.36. The molecule has 0 aliphatic rings. The lowest BCUT2D eigenvalue weighted by molar-refractivity contribution is -0.119. The molecule has 0 aromatic carbocycles. The number of rotatable bonds is 7. The Bertz CT molecular complexity index is 147. The number of Topliss-reactive ketones (excluding diaryl/α,β-unsaturated/α-hetero) is 1. The molecule has 0 saturated carbocycles. The first kappa shape index (κ1) is 11.4. The SMILES string of the molecule is C=C(C)CCCCC(=O)CCC. The van der Waals surface area contributed by atoms with E-state index in [9.17, 15) is 4.79 Å². The highest BCUT2D eigenvalue weighted by molar-refractivity contribution is 5.78. The van der Waals surface area contributed by atoms with Gasteiger partial charge in [0, 0.05) is 12.8 Å². The van der Waals surface area contributed by atoms with E-state index < -0.39 is 0 Å². The van der Waals surface area contributed by atoms with Crippen molar-refractivity contribution in [3.8, 4) is 0 Å². The van der Waals surface area contributed by atoms with Gasteiger partial charge >= 0.3 is 0 Å². The smallest absolute Gasteiger partial charge is 0.132 e. The van der Waals surface area contributed by atoms with Crippen LogP contribution in [0.15, 0.2) is 12.2 Å². The minimum absolute atomic E-state index is 0.416. The molecule has 1 nitrogen and oxygen atoms in total. The fourth-order valence-corrected chi connectivity index (χ4v) is 1.15. The van der Waals surface area contributed by atoms with Crippen LogP contribution in [0.1, 0.15) is 52.4 Å². The van der Waals surface area contributed by atoms with Crippen LogP contribution < -0.4 is 0 Å². The molecule has 0 saturated heterocycles. The average Bonchev–Trinajstić information content (AvgIpc) is 1.98. The van der Waals surface area contributed by atoms with E-state index in [0.29, 0.717) is 5.78 Å². The second-order valence-electron chi connectivity index (χ2n) is 3.45. The third-order valence-corrected chi connectivity index (χ3v) is 1.84. The molecule has 12 heavy (non-hydrogen) atoms. The Morgan fingerprint density at radius 3 is 2.25 bits per heavy atom. The fourth-order valence-electron chi connectivity index (χ4n) is 1.15. The van der Waals surface area contributed by atoms with Crippen LogP contribution in [0.25, 0.3) is 0 Å². The summed E-state index contributed by atoms with van der Waals surface area (Å²) >= 11 is 0. The molecule has 0 fully saturated rings. The zero-order valence-electron chi connectivity index (χ0n) is 8.36. The van der Waals surface area contributed by atoms with Crippen molar-refractivity contribution in [2.24, 2.45) is 0 Å². The lowest BCUT2D eigenvalue weighted by Crippen LogP contribution is -1.96.